The van der Waals surface area contributed by atoms with Crippen molar-refractivity contribution < 1.29 is 4.79 Å². The summed E-state index contributed by atoms with van der Waals surface area (Å²) in [4.78, 5) is 15.5. The zero-order chi connectivity index (χ0) is 7.84. The molecule has 58 valence electrons. The summed E-state index contributed by atoms with van der Waals surface area (Å²) in [6, 6.07) is 0. The molecule has 2 rings (SSSR count). The number of amides is 1. The van der Waals surface area contributed by atoms with Gasteiger partial charge in [-0.05, 0) is 28.0 Å². The van der Waals surface area contributed by atoms with Crippen LogP contribution in [0, 0.1) is 5.92 Å². The number of halogens is 1. The third-order valence-corrected chi connectivity index (χ3v) is 3.12. The van der Waals surface area contributed by atoms with Gasteiger partial charge in [0.15, 0.2) is 3.84 Å². The average Bonchev–Trinajstić information content (AvgIpc) is 2.34. The molecule has 2 aliphatic heterocycles. The Labute approximate surface area is 81.9 Å². The van der Waals surface area contributed by atoms with Crippen molar-refractivity contribution in [3.05, 3.63) is 11.5 Å². The van der Waals surface area contributed by atoms with Crippen LogP contribution in [-0.2, 0) is 4.79 Å². The second kappa shape index (κ2) is 2.78. The van der Waals surface area contributed by atoms with Crippen LogP contribution >= 0.6 is 34.4 Å². The lowest BCUT2D eigenvalue weighted by Gasteiger charge is -2.19. The number of thioether (sulfide) groups is 1. The predicted molar refractivity (Wildman–Crippen MR) is 53.6 cm³/mol. The maximum absolute atomic E-state index is 11.2. The van der Waals surface area contributed by atoms with Crippen molar-refractivity contribution in [1.29, 1.82) is 0 Å². The Kier molecular flexibility index (Phi) is 1.92. The van der Waals surface area contributed by atoms with Gasteiger partial charge in [0.1, 0.15) is 5.37 Å². The van der Waals surface area contributed by atoms with Gasteiger partial charge in [-0.15, -0.1) is 11.8 Å². The Hall–Kier alpha value is -0.0400. The molecule has 0 aliphatic carbocycles. The van der Waals surface area contributed by atoms with Gasteiger partial charge >= 0.3 is 0 Å². The molecule has 0 saturated heterocycles. The molecule has 0 bridgehead atoms. The molecule has 2 atom stereocenters. The first kappa shape index (κ1) is 7.60. The minimum atomic E-state index is -0.0430. The van der Waals surface area contributed by atoms with Crippen molar-refractivity contribution in [3.8, 4) is 0 Å². The van der Waals surface area contributed by atoms with Crippen LogP contribution < -0.4 is 5.32 Å². The number of carbonyl (C=O) groups excluding carboxylic acids is 1. The van der Waals surface area contributed by atoms with Crippen LogP contribution in [0.5, 0.6) is 0 Å². The second-order valence-corrected chi connectivity index (χ2v) is 4.34. The van der Waals surface area contributed by atoms with Gasteiger partial charge in [0.25, 0.3) is 0 Å². The van der Waals surface area contributed by atoms with Crippen molar-refractivity contribution >= 4 is 44.1 Å². The van der Waals surface area contributed by atoms with Crippen molar-refractivity contribution in [2.45, 2.75) is 5.37 Å². The van der Waals surface area contributed by atoms with Gasteiger partial charge in [0.05, 0.1) is 5.92 Å². The largest absolute Gasteiger partial charge is 0.305 e. The molecule has 11 heavy (non-hydrogen) atoms. The molecule has 0 saturated carbocycles. The number of nitrogens with zero attached hydrogens (tertiary/aromatic N) is 1. The maximum atomic E-state index is 11.2. The van der Waals surface area contributed by atoms with Crippen LogP contribution in [0.25, 0.3) is 0 Å². The van der Waals surface area contributed by atoms with E-state index in [4.69, 9.17) is 0 Å². The third kappa shape index (κ3) is 1.31. The van der Waals surface area contributed by atoms with Gasteiger partial charge in [-0.2, -0.15) is 0 Å². The molecule has 2 aliphatic rings. The summed E-state index contributed by atoms with van der Waals surface area (Å²) in [5, 5.41) is 4.72. The Morgan fingerprint density at radius 2 is 2.55 bits per heavy atom. The number of fused-ring (bicyclic) bond motifs is 1. The molecule has 3 nitrogen and oxygen atoms in total. The van der Waals surface area contributed by atoms with E-state index in [1.165, 1.54) is 0 Å². The number of amidine groups is 1. The zero-order valence-corrected chi connectivity index (χ0v) is 8.43. The molecule has 2 unspecified atom stereocenters. The lowest BCUT2D eigenvalue weighted by atomic mass is 10.1. The van der Waals surface area contributed by atoms with Crippen molar-refractivity contribution in [2.24, 2.45) is 10.9 Å². The standard InChI is InChI=1S/C6H5IN2OS/c7-6-8-4(10)3-1-2-11-5(3)9-6/h1-3,5H,(H,8,9,10). The molecule has 0 aromatic carbocycles. The molecule has 2 heterocycles. The van der Waals surface area contributed by atoms with E-state index in [-0.39, 0.29) is 17.2 Å². The lowest BCUT2D eigenvalue weighted by molar-refractivity contribution is -0.122. The van der Waals surface area contributed by atoms with Gasteiger partial charge < -0.3 is 5.32 Å². The highest BCUT2D eigenvalue weighted by Crippen LogP contribution is 2.33. The van der Waals surface area contributed by atoms with E-state index >= 15 is 0 Å². The Balaban J connectivity index is 2.30. The second-order valence-electron chi connectivity index (χ2n) is 2.29. The number of nitrogens with one attached hydrogen (secondary N) is 1. The van der Waals surface area contributed by atoms with Gasteiger partial charge in [-0.1, -0.05) is 6.08 Å². The summed E-state index contributed by atoms with van der Waals surface area (Å²) in [6.07, 6.45) is 1.90. The van der Waals surface area contributed by atoms with Gasteiger partial charge in [-0.3, -0.25) is 4.79 Å². The number of carbonyl (C=O) groups is 1. The monoisotopic (exact) mass is 280 g/mol. The molecular formula is C6H5IN2OS. The Bertz CT molecular complexity index is 263. The number of hydrogen-bond acceptors (Lipinski definition) is 3. The smallest absolute Gasteiger partial charge is 0.235 e. The van der Waals surface area contributed by atoms with Gasteiger partial charge in [0.2, 0.25) is 5.91 Å². The van der Waals surface area contributed by atoms with Gasteiger partial charge in [0, 0.05) is 0 Å². The van der Waals surface area contributed by atoms with E-state index in [1.54, 1.807) is 11.8 Å². The summed E-state index contributed by atoms with van der Waals surface area (Å²) in [5.41, 5.74) is 0. The van der Waals surface area contributed by atoms with Crippen molar-refractivity contribution in [2.75, 3.05) is 0 Å². The number of hydrogen-bond donors (Lipinski definition) is 1. The zero-order valence-electron chi connectivity index (χ0n) is 5.45. The van der Waals surface area contributed by atoms with E-state index < -0.39 is 0 Å². The number of aliphatic imine (C=N–C) groups is 1. The molecule has 0 spiro atoms. The summed E-state index contributed by atoms with van der Waals surface area (Å²) < 4.78 is 0.699. The molecule has 0 aromatic heterocycles. The topological polar surface area (TPSA) is 41.5 Å². The lowest BCUT2D eigenvalue weighted by Crippen LogP contribution is -2.40. The first-order chi connectivity index (χ1) is 5.27. The predicted octanol–water partition coefficient (Wildman–Crippen LogP) is 1.11. The van der Waals surface area contributed by atoms with Crippen LogP contribution in [0.4, 0.5) is 0 Å². The summed E-state index contributed by atoms with van der Waals surface area (Å²) >= 11 is 3.63. The highest BCUT2D eigenvalue weighted by molar-refractivity contribution is 14.1. The van der Waals surface area contributed by atoms with E-state index in [2.05, 4.69) is 10.3 Å². The van der Waals surface area contributed by atoms with Crippen LogP contribution in [-0.4, -0.2) is 15.1 Å². The fourth-order valence-corrected chi connectivity index (χ4v) is 2.77. The van der Waals surface area contributed by atoms with E-state index in [9.17, 15) is 4.79 Å². The Morgan fingerprint density at radius 1 is 1.73 bits per heavy atom. The van der Waals surface area contributed by atoms with Crippen LogP contribution in [0.1, 0.15) is 0 Å². The first-order valence-corrected chi connectivity index (χ1v) is 5.16. The summed E-state index contributed by atoms with van der Waals surface area (Å²) in [6.45, 7) is 0. The molecular weight excluding hydrogens is 275 g/mol. The van der Waals surface area contributed by atoms with E-state index in [1.807, 2.05) is 34.1 Å². The highest BCUT2D eigenvalue weighted by atomic mass is 127. The fourth-order valence-electron chi connectivity index (χ4n) is 1.05. The SMILES string of the molecule is O=C1NC(I)=NC2SC=CC12. The maximum Gasteiger partial charge on any atom is 0.235 e. The normalized spacial score (nSPS) is 34.6. The van der Waals surface area contributed by atoms with Gasteiger partial charge in [-0.25, -0.2) is 4.99 Å². The molecule has 0 fully saturated rings. The van der Waals surface area contributed by atoms with Crippen molar-refractivity contribution in [3.63, 3.8) is 0 Å². The third-order valence-electron chi connectivity index (χ3n) is 1.58. The van der Waals surface area contributed by atoms with Crippen LogP contribution in [0.15, 0.2) is 16.5 Å². The molecule has 5 heteroatoms. The van der Waals surface area contributed by atoms with Crippen LogP contribution in [0.2, 0.25) is 0 Å². The van der Waals surface area contributed by atoms with Crippen molar-refractivity contribution in [1.82, 2.24) is 5.32 Å². The summed E-state index contributed by atoms with van der Waals surface area (Å²) in [7, 11) is 0. The minimum absolute atomic E-state index is 0.0430. The van der Waals surface area contributed by atoms with E-state index in [0.717, 1.165) is 0 Å². The van der Waals surface area contributed by atoms with E-state index in [0.29, 0.717) is 3.84 Å². The summed E-state index contributed by atoms with van der Waals surface area (Å²) in [5.74, 6) is 0.0224. The first-order valence-electron chi connectivity index (χ1n) is 3.13. The molecule has 0 radical (unpaired) electrons. The Morgan fingerprint density at radius 3 is 3.36 bits per heavy atom. The number of rotatable bonds is 0. The minimum Gasteiger partial charge on any atom is -0.305 e. The fraction of sp³-hybridized carbons (Fsp3) is 0.333. The molecule has 0 aromatic rings. The molecule has 1 N–H and O–H groups in total. The quantitative estimate of drug-likeness (QED) is 0.533. The highest BCUT2D eigenvalue weighted by Gasteiger charge is 2.33. The average molecular weight is 280 g/mol. The van der Waals surface area contributed by atoms with Crippen LogP contribution in [0.3, 0.4) is 0 Å². The molecule has 1 amide bonds.